The molecule has 2 aromatic carbocycles. The second-order valence-corrected chi connectivity index (χ2v) is 7.00. The molecule has 0 fully saturated rings. The van der Waals surface area contributed by atoms with Crippen LogP contribution >= 0.6 is 0 Å². The highest BCUT2D eigenvalue weighted by atomic mass is 16.7. The van der Waals surface area contributed by atoms with Crippen LogP contribution in [0.5, 0.6) is 11.5 Å². The maximum Gasteiger partial charge on any atom is 0.319 e. The number of nitrogens with zero attached hydrogens (tertiary/aromatic N) is 1. The van der Waals surface area contributed by atoms with Crippen molar-refractivity contribution < 1.29 is 19.1 Å². The smallest absolute Gasteiger partial charge is 0.319 e. The fourth-order valence-corrected chi connectivity index (χ4v) is 3.86. The van der Waals surface area contributed by atoms with Crippen molar-refractivity contribution >= 4 is 11.9 Å². The summed E-state index contributed by atoms with van der Waals surface area (Å²) in [7, 11) is 0. The summed E-state index contributed by atoms with van der Waals surface area (Å²) in [5.41, 5.74) is 3.23. The van der Waals surface area contributed by atoms with E-state index in [2.05, 4.69) is 10.6 Å². The Hall–Kier alpha value is -3.48. The highest BCUT2D eigenvalue weighted by molar-refractivity contribution is 6.01. The summed E-state index contributed by atoms with van der Waals surface area (Å²) in [6.07, 6.45) is 0.767. The highest BCUT2D eigenvalue weighted by Crippen LogP contribution is 2.38. The molecule has 0 aliphatic carbocycles. The first-order valence-electron chi connectivity index (χ1n) is 9.22. The van der Waals surface area contributed by atoms with E-state index >= 15 is 0 Å². The number of carbonyl (C=O) groups is 2. The average molecular weight is 377 g/mol. The van der Waals surface area contributed by atoms with Gasteiger partial charge in [0.2, 0.25) is 6.79 Å². The number of benzene rings is 2. The van der Waals surface area contributed by atoms with Crippen molar-refractivity contribution in [3.63, 3.8) is 0 Å². The normalized spacial score (nSPS) is 20.1. The van der Waals surface area contributed by atoms with Crippen molar-refractivity contribution in [2.75, 3.05) is 19.9 Å². The zero-order valence-corrected chi connectivity index (χ0v) is 15.1. The van der Waals surface area contributed by atoms with Crippen LogP contribution in [0.4, 0.5) is 4.79 Å². The minimum absolute atomic E-state index is 0.0545. The van der Waals surface area contributed by atoms with E-state index in [1.54, 1.807) is 11.0 Å². The summed E-state index contributed by atoms with van der Waals surface area (Å²) in [6, 6.07) is 14.7. The second-order valence-electron chi connectivity index (χ2n) is 7.00. The van der Waals surface area contributed by atoms with Gasteiger partial charge in [0.25, 0.3) is 5.91 Å². The molecule has 2 N–H and O–H groups in total. The number of carbonyl (C=O) groups excluding carboxylic acids is 2. The Kier molecular flexibility index (Phi) is 3.93. The number of nitrogens with one attached hydrogen (secondary N) is 2. The lowest BCUT2D eigenvalue weighted by Gasteiger charge is -2.25. The van der Waals surface area contributed by atoms with Crippen molar-refractivity contribution in [1.82, 2.24) is 15.5 Å². The molecule has 7 nitrogen and oxygen atoms in total. The Bertz CT molecular complexity index is 986. The van der Waals surface area contributed by atoms with Gasteiger partial charge in [0.05, 0.1) is 23.9 Å². The maximum atomic E-state index is 13.1. The van der Waals surface area contributed by atoms with Crippen molar-refractivity contribution in [2.24, 2.45) is 0 Å². The van der Waals surface area contributed by atoms with Crippen LogP contribution in [0.3, 0.4) is 0 Å². The van der Waals surface area contributed by atoms with Crippen molar-refractivity contribution in [1.29, 1.82) is 0 Å². The van der Waals surface area contributed by atoms with Gasteiger partial charge in [0.1, 0.15) is 0 Å². The van der Waals surface area contributed by atoms with Crippen molar-refractivity contribution in [2.45, 2.75) is 12.5 Å². The number of hydrogen-bond donors (Lipinski definition) is 2. The number of urea groups is 1. The third-order valence-electron chi connectivity index (χ3n) is 5.26. The molecule has 0 aromatic heterocycles. The minimum Gasteiger partial charge on any atom is -0.454 e. The van der Waals surface area contributed by atoms with Gasteiger partial charge in [-0.15, -0.1) is 0 Å². The van der Waals surface area contributed by atoms with E-state index in [1.165, 1.54) is 5.56 Å². The van der Waals surface area contributed by atoms with Gasteiger partial charge in [0.15, 0.2) is 11.5 Å². The Balaban J connectivity index is 1.39. The molecule has 0 saturated heterocycles. The molecular weight excluding hydrogens is 358 g/mol. The summed E-state index contributed by atoms with van der Waals surface area (Å²) in [4.78, 5) is 27.1. The lowest BCUT2D eigenvalue weighted by Crippen LogP contribution is -2.44. The standard InChI is InChI=1S/C21H19N3O4/c25-20-18-15(11-24(20)9-8-13-4-2-1-3-5-13)22-21(26)23-19(18)14-6-7-16-17(10-14)28-12-27-16/h1-7,10,19H,8-9,11-12H2,(H2,22,23,26)/t19-/m1/s1. The molecule has 3 aliphatic heterocycles. The van der Waals surface area contributed by atoms with Gasteiger partial charge in [-0.3, -0.25) is 4.79 Å². The lowest BCUT2D eigenvalue weighted by atomic mass is 9.96. The monoisotopic (exact) mass is 377 g/mol. The molecule has 0 bridgehead atoms. The van der Waals surface area contributed by atoms with E-state index in [1.807, 2.05) is 42.5 Å². The molecule has 28 heavy (non-hydrogen) atoms. The highest BCUT2D eigenvalue weighted by Gasteiger charge is 2.40. The number of rotatable bonds is 4. The molecule has 5 rings (SSSR count). The molecule has 2 aromatic rings. The SMILES string of the molecule is O=C1NC2=C(C(=O)N(CCc3ccccc3)C2)[C@@H](c2ccc3c(c2)OCO3)N1. The molecule has 7 heteroatoms. The number of ether oxygens (including phenoxy) is 2. The summed E-state index contributed by atoms with van der Waals surface area (Å²) in [6.45, 7) is 1.19. The summed E-state index contributed by atoms with van der Waals surface area (Å²) < 4.78 is 10.8. The van der Waals surface area contributed by atoms with E-state index in [9.17, 15) is 9.59 Å². The molecular formula is C21H19N3O4. The Morgan fingerprint density at radius 1 is 1.04 bits per heavy atom. The lowest BCUT2D eigenvalue weighted by molar-refractivity contribution is -0.125. The van der Waals surface area contributed by atoms with Crippen LogP contribution in [0, 0.1) is 0 Å². The molecule has 0 radical (unpaired) electrons. The van der Waals surface area contributed by atoms with Crippen molar-refractivity contribution in [3.8, 4) is 11.5 Å². The molecule has 0 saturated carbocycles. The predicted molar refractivity (Wildman–Crippen MR) is 101 cm³/mol. The van der Waals surface area contributed by atoms with Crippen molar-refractivity contribution in [3.05, 3.63) is 70.9 Å². The van der Waals surface area contributed by atoms with E-state index < -0.39 is 6.04 Å². The van der Waals surface area contributed by atoms with Gasteiger partial charge in [0, 0.05) is 6.54 Å². The van der Waals surface area contributed by atoms with Gasteiger partial charge >= 0.3 is 6.03 Å². The summed E-state index contributed by atoms with van der Waals surface area (Å²) >= 11 is 0. The number of hydrogen-bond acceptors (Lipinski definition) is 4. The third kappa shape index (κ3) is 2.85. The van der Waals surface area contributed by atoms with Crippen LogP contribution in [-0.4, -0.2) is 36.7 Å². The number of fused-ring (bicyclic) bond motifs is 1. The summed E-state index contributed by atoms with van der Waals surface area (Å²) in [5, 5.41) is 5.67. The molecule has 142 valence electrons. The van der Waals surface area contributed by atoms with Gasteiger partial charge in [-0.2, -0.15) is 0 Å². The maximum absolute atomic E-state index is 13.1. The molecule has 0 unspecified atom stereocenters. The van der Waals surface area contributed by atoms with Crippen LogP contribution in [-0.2, 0) is 11.2 Å². The zero-order valence-electron chi connectivity index (χ0n) is 15.1. The molecule has 3 heterocycles. The van der Waals surface area contributed by atoms with Crippen LogP contribution in [0.1, 0.15) is 17.2 Å². The van der Waals surface area contributed by atoms with Crippen LogP contribution in [0.25, 0.3) is 0 Å². The quantitative estimate of drug-likeness (QED) is 0.855. The Labute approximate surface area is 161 Å². The Morgan fingerprint density at radius 2 is 1.86 bits per heavy atom. The fourth-order valence-electron chi connectivity index (χ4n) is 3.86. The van der Waals surface area contributed by atoms with Gasteiger partial charge in [-0.25, -0.2) is 4.79 Å². The van der Waals surface area contributed by atoms with Crippen LogP contribution in [0.15, 0.2) is 59.8 Å². The van der Waals surface area contributed by atoms with Gasteiger partial charge in [-0.05, 0) is 29.7 Å². The zero-order chi connectivity index (χ0) is 19.1. The third-order valence-corrected chi connectivity index (χ3v) is 5.26. The number of amides is 3. The van der Waals surface area contributed by atoms with Crippen LogP contribution in [0.2, 0.25) is 0 Å². The topological polar surface area (TPSA) is 79.9 Å². The van der Waals surface area contributed by atoms with E-state index in [0.717, 1.165) is 12.0 Å². The van der Waals surface area contributed by atoms with Gasteiger partial charge < -0.3 is 25.0 Å². The molecule has 3 amide bonds. The van der Waals surface area contributed by atoms with Gasteiger partial charge in [-0.1, -0.05) is 36.4 Å². The summed E-state index contributed by atoms with van der Waals surface area (Å²) in [5.74, 6) is 1.24. The van der Waals surface area contributed by atoms with E-state index in [4.69, 9.17) is 9.47 Å². The first-order valence-corrected chi connectivity index (χ1v) is 9.22. The fraction of sp³-hybridized carbons (Fsp3) is 0.238. The Morgan fingerprint density at radius 3 is 2.71 bits per heavy atom. The largest absolute Gasteiger partial charge is 0.454 e. The second kappa shape index (κ2) is 6.60. The minimum atomic E-state index is -0.507. The molecule has 0 spiro atoms. The molecule has 1 atom stereocenters. The van der Waals surface area contributed by atoms with E-state index in [-0.39, 0.29) is 18.7 Å². The van der Waals surface area contributed by atoms with Crippen LogP contribution < -0.4 is 20.1 Å². The first-order chi connectivity index (χ1) is 13.7. The predicted octanol–water partition coefficient (Wildman–Crippen LogP) is 2.11. The van der Waals surface area contributed by atoms with E-state index in [0.29, 0.717) is 35.9 Å². The first kappa shape index (κ1) is 16.7. The average Bonchev–Trinajstić information content (AvgIpc) is 3.30. The molecule has 3 aliphatic rings.